The van der Waals surface area contributed by atoms with Crippen molar-refractivity contribution < 1.29 is 9.90 Å². The Labute approximate surface area is 105 Å². The Bertz CT molecular complexity index is 567. The van der Waals surface area contributed by atoms with Crippen molar-refractivity contribution in [3.05, 3.63) is 48.3 Å². The predicted octanol–water partition coefficient (Wildman–Crippen LogP) is 2.20. The van der Waals surface area contributed by atoms with E-state index in [2.05, 4.69) is 10.3 Å². The summed E-state index contributed by atoms with van der Waals surface area (Å²) in [7, 11) is 0. The number of benzene rings is 1. The van der Waals surface area contributed by atoms with Gasteiger partial charge in [0.15, 0.2) is 0 Å². The standard InChI is InChI=1S/C14H14N2O2/c1-10(18)16-13-4-2-3-11(7-13)12-5-6-15-14(8-12)9-17/h2-8,17H,9H2,1H3,(H,16,18). The topological polar surface area (TPSA) is 62.2 Å². The van der Waals surface area contributed by atoms with Crippen molar-refractivity contribution in [2.24, 2.45) is 0 Å². The van der Waals surface area contributed by atoms with Crippen LogP contribution in [0.15, 0.2) is 42.6 Å². The van der Waals surface area contributed by atoms with Crippen molar-refractivity contribution in [1.82, 2.24) is 4.98 Å². The minimum atomic E-state index is -0.0991. The Morgan fingerprint density at radius 3 is 2.78 bits per heavy atom. The lowest BCUT2D eigenvalue weighted by atomic mass is 10.1. The van der Waals surface area contributed by atoms with Crippen molar-refractivity contribution in [3.63, 3.8) is 0 Å². The lowest BCUT2D eigenvalue weighted by molar-refractivity contribution is -0.114. The average molecular weight is 242 g/mol. The molecule has 0 aliphatic carbocycles. The van der Waals surface area contributed by atoms with Crippen molar-refractivity contribution in [1.29, 1.82) is 0 Å². The van der Waals surface area contributed by atoms with Crippen molar-refractivity contribution >= 4 is 11.6 Å². The summed E-state index contributed by atoms with van der Waals surface area (Å²) in [5.41, 5.74) is 3.30. The molecule has 0 atom stereocenters. The molecule has 0 fully saturated rings. The fourth-order valence-electron chi connectivity index (χ4n) is 1.72. The van der Waals surface area contributed by atoms with E-state index < -0.39 is 0 Å². The number of pyridine rings is 1. The van der Waals surface area contributed by atoms with Gasteiger partial charge in [0.05, 0.1) is 12.3 Å². The number of anilines is 1. The molecule has 92 valence electrons. The normalized spacial score (nSPS) is 10.1. The number of aliphatic hydroxyl groups excluding tert-OH is 1. The second-order valence-electron chi connectivity index (χ2n) is 3.96. The van der Waals surface area contributed by atoms with Crippen LogP contribution in [0.2, 0.25) is 0 Å². The first-order valence-electron chi connectivity index (χ1n) is 5.63. The van der Waals surface area contributed by atoms with Gasteiger partial charge in [-0.25, -0.2) is 0 Å². The van der Waals surface area contributed by atoms with Gasteiger partial charge in [0.2, 0.25) is 5.91 Å². The minimum Gasteiger partial charge on any atom is -0.390 e. The van der Waals surface area contributed by atoms with Crippen LogP contribution >= 0.6 is 0 Å². The molecule has 0 spiro atoms. The number of carbonyl (C=O) groups is 1. The van der Waals surface area contributed by atoms with E-state index in [9.17, 15) is 4.79 Å². The molecular weight excluding hydrogens is 228 g/mol. The number of rotatable bonds is 3. The van der Waals surface area contributed by atoms with Gasteiger partial charge in [-0.2, -0.15) is 0 Å². The molecule has 0 bridgehead atoms. The van der Waals surface area contributed by atoms with Gasteiger partial charge < -0.3 is 10.4 Å². The van der Waals surface area contributed by atoms with Gasteiger partial charge in [-0.15, -0.1) is 0 Å². The molecule has 1 amide bonds. The van der Waals surface area contributed by atoms with Gasteiger partial charge in [-0.05, 0) is 35.4 Å². The van der Waals surface area contributed by atoms with Gasteiger partial charge in [0, 0.05) is 18.8 Å². The first-order chi connectivity index (χ1) is 8.69. The average Bonchev–Trinajstić information content (AvgIpc) is 2.38. The van der Waals surface area contributed by atoms with Crippen LogP contribution in [0.4, 0.5) is 5.69 Å². The maximum atomic E-state index is 11.0. The SMILES string of the molecule is CC(=O)Nc1cccc(-c2ccnc(CO)c2)c1. The number of hydrogen-bond donors (Lipinski definition) is 2. The first kappa shape index (κ1) is 12.3. The molecule has 0 saturated heterocycles. The zero-order valence-corrected chi connectivity index (χ0v) is 10.1. The fraction of sp³-hybridized carbons (Fsp3) is 0.143. The van der Waals surface area contributed by atoms with Gasteiger partial charge in [-0.1, -0.05) is 12.1 Å². The fourth-order valence-corrected chi connectivity index (χ4v) is 1.72. The number of nitrogens with one attached hydrogen (secondary N) is 1. The molecule has 0 unspecified atom stereocenters. The molecule has 0 saturated carbocycles. The molecule has 0 aliphatic rings. The molecule has 0 aliphatic heterocycles. The van der Waals surface area contributed by atoms with Crippen LogP contribution in [0.25, 0.3) is 11.1 Å². The van der Waals surface area contributed by atoms with Crippen molar-refractivity contribution in [3.8, 4) is 11.1 Å². The minimum absolute atomic E-state index is 0.0841. The summed E-state index contributed by atoms with van der Waals surface area (Å²) >= 11 is 0. The molecule has 1 heterocycles. The highest BCUT2D eigenvalue weighted by Crippen LogP contribution is 2.22. The number of aromatic nitrogens is 1. The van der Waals surface area contributed by atoms with Crippen molar-refractivity contribution in [2.45, 2.75) is 13.5 Å². The molecule has 2 N–H and O–H groups in total. The van der Waals surface area contributed by atoms with Gasteiger partial charge in [0.25, 0.3) is 0 Å². The third kappa shape index (κ3) is 2.93. The number of aliphatic hydroxyl groups is 1. The third-order valence-corrected chi connectivity index (χ3v) is 2.49. The second-order valence-corrected chi connectivity index (χ2v) is 3.96. The molecule has 1 aromatic heterocycles. The number of carbonyl (C=O) groups excluding carboxylic acids is 1. The van der Waals surface area contributed by atoms with Crippen molar-refractivity contribution in [2.75, 3.05) is 5.32 Å². The summed E-state index contributed by atoms with van der Waals surface area (Å²) in [6.45, 7) is 1.39. The summed E-state index contributed by atoms with van der Waals surface area (Å²) in [5, 5.41) is 11.8. The van der Waals surface area contributed by atoms with Crippen LogP contribution in [0.1, 0.15) is 12.6 Å². The van der Waals surface area contributed by atoms with Crippen LogP contribution in [0.3, 0.4) is 0 Å². The van der Waals surface area contributed by atoms with E-state index in [1.807, 2.05) is 36.4 Å². The zero-order valence-electron chi connectivity index (χ0n) is 10.1. The molecule has 4 heteroatoms. The third-order valence-electron chi connectivity index (χ3n) is 2.49. The molecule has 0 radical (unpaired) electrons. The van der Waals surface area contributed by atoms with Crippen LogP contribution in [0.5, 0.6) is 0 Å². The molecule has 2 aromatic rings. The number of hydrogen-bond acceptors (Lipinski definition) is 3. The van der Waals surface area contributed by atoms with Crippen LogP contribution in [-0.2, 0) is 11.4 Å². The maximum absolute atomic E-state index is 11.0. The lowest BCUT2D eigenvalue weighted by Gasteiger charge is -2.06. The Morgan fingerprint density at radius 2 is 2.06 bits per heavy atom. The Balaban J connectivity index is 2.34. The van der Waals surface area contributed by atoms with E-state index in [1.54, 1.807) is 6.20 Å². The predicted molar refractivity (Wildman–Crippen MR) is 69.9 cm³/mol. The maximum Gasteiger partial charge on any atom is 0.221 e. The van der Waals surface area contributed by atoms with Gasteiger partial charge in [-0.3, -0.25) is 9.78 Å². The Kier molecular flexibility index (Phi) is 3.69. The van der Waals surface area contributed by atoms with E-state index in [-0.39, 0.29) is 12.5 Å². The van der Waals surface area contributed by atoms with E-state index in [1.165, 1.54) is 6.92 Å². The first-order valence-corrected chi connectivity index (χ1v) is 5.63. The second kappa shape index (κ2) is 5.42. The molecule has 2 rings (SSSR count). The molecule has 18 heavy (non-hydrogen) atoms. The number of nitrogens with zero attached hydrogens (tertiary/aromatic N) is 1. The Morgan fingerprint density at radius 1 is 1.28 bits per heavy atom. The van der Waals surface area contributed by atoms with E-state index in [0.717, 1.165) is 16.8 Å². The summed E-state index contributed by atoms with van der Waals surface area (Å²) < 4.78 is 0. The highest BCUT2D eigenvalue weighted by Gasteiger charge is 2.02. The summed E-state index contributed by atoms with van der Waals surface area (Å²) in [5.74, 6) is -0.0991. The smallest absolute Gasteiger partial charge is 0.221 e. The van der Waals surface area contributed by atoms with E-state index >= 15 is 0 Å². The largest absolute Gasteiger partial charge is 0.390 e. The summed E-state index contributed by atoms with van der Waals surface area (Å²) in [6.07, 6.45) is 1.66. The lowest BCUT2D eigenvalue weighted by Crippen LogP contribution is -2.05. The van der Waals surface area contributed by atoms with Crippen LogP contribution < -0.4 is 5.32 Å². The van der Waals surface area contributed by atoms with E-state index in [0.29, 0.717) is 5.69 Å². The summed E-state index contributed by atoms with van der Waals surface area (Å²) in [4.78, 5) is 15.0. The molecular formula is C14H14N2O2. The van der Waals surface area contributed by atoms with Crippen LogP contribution in [-0.4, -0.2) is 16.0 Å². The zero-order chi connectivity index (χ0) is 13.0. The summed E-state index contributed by atoms with van der Waals surface area (Å²) in [6, 6.07) is 11.2. The van der Waals surface area contributed by atoms with E-state index in [4.69, 9.17) is 5.11 Å². The highest BCUT2D eigenvalue weighted by atomic mass is 16.3. The Hall–Kier alpha value is -2.20. The van der Waals surface area contributed by atoms with Gasteiger partial charge in [0.1, 0.15) is 0 Å². The monoisotopic (exact) mass is 242 g/mol. The number of amides is 1. The quantitative estimate of drug-likeness (QED) is 0.867. The molecule has 1 aromatic carbocycles. The molecule has 4 nitrogen and oxygen atoms in total. The van der Waals surface area contributed by atoms with Gasteiger partial charge >= 0.3 is 0 Å². The highest BCUT2D eigenvalue weighted by molar-refractivity contribution is 5.89. The van der Waals surface area contributed by atoms with Crippen LogP contribution in [0, 0.1) is 0 Å².